The van der Waals surface area contributed by atoms with Crippen LogP contribution in [0.15, 0.2) is 51.7 Å². The summed E-state index contributed by atoms with van der Waals surface area (Å²) in [5.41, 5.74) is 3.01. The van der Waals surface area contributed by atoms with Crippen LogP contribution in [0.4, 0.5) is 5.69 Å². The topological polar surface area (TPSA) is 88.0 Å². The van der Waals surface area contributed by atoms with Gasteiger partial charge in [-0.15, -0.1) is 11.3 Å². The summed E-state index contributed by atoms with van der Waals surface area (Å²) in [5.74, 6) is -0.800. The minimum Gasteiger partial charge on any atom is -0.408 e. The third kappa shape index (κ3) is 3.14. The number of benzene rings is 2. The third-order valence-electron chi connectivity index (χ3n) is 3.75. The predicted molar refractivity (Wildman–Crippen MR) is 102 cm³/mol. The summed E-state index contributed by atoms with van der Waals surface area (Å²) in [6.45, 7) is 1.79. The lowest BCUT2D eigenvalue weighted by Crippen LogP contribution is -2.11. The molecule has 26 heavy (non-hydrogen) atoms. The Bertz CT molecular complexity index is 1190. The summed E-state index contributed by atoms with van der Waals surface area (Å²) in [6.07, 6.45) is 0. The molecule has 6 nitrogen and oxygen atoms in total. The zero-order valence-electron chi connectivity index (χ0n) is 13.5. The lowest BCUT2D eigenvalue weighted by molar-refractivity contribution is 0.103. The maximum absolute atomic E-state index is 12.6. The van der Waals surface area contributed by atoms with Crippen LogP contribution in [0, 0.1) is 6.92 Å². The van der Waals surface area contributed by atoms with Gasteiger partial charge >= 0.3 is 5.76 Å². The molecule has 0 aliphatic rings. The number of aromatic nitrogens is 2. The number of carbonyl (C=O) groups is 1. The first-order chi connectivity index (χ1) is 12.5. The Labute approximate surface area is 156 Å². The normalized spacial score (nSPS) is 11.0. The van der Waals surface area contributed by atoms with E-state index in [-0.39, 0.29) is 5.91 Å². The number of aryl methyl sites for hydroxylation is 1. The summed E-state index contributed by atoms with van der Waals surface area (Å²) in [7, 11) is 0. The van der Waals surface area contributed by atoms with E-state index in [1.54, 1.807) is 31.2 Å². The van der Waals surface area contributed by atoms with Crippen LogP contribution in [0.5, 0.6) is 0 Å². The summed E-state index contributed by atoms with van der Waals surface area (Å²) >= 11 is 7.32. The van der Waals surface area contributed by atoms with E-state index in [1.165, 1.54) is 11.3 Å². The number of H-pyrrole nitrogens is 1. The van der Waals surface area contributed by atoms with E-state index in [2.05, 4.69) is 15.3 Å². The van der Waals surface area contributed by atoms with Crippen molar-refractivity contribution in [3.8, 4) is 10.6 Å². The van der Waals surface area contributed by atoms with Crippen LogP contribution in [0.1, 0.15) is 15.4 Å². The minimum absolute atomic E-state index is 0.265. The fourth-order valence-electron chi connectivity index (χ4n) is 2.57. The van der Waals surface area contributed by atoms with E-state index >= 15 is 0 Å². The number of hydrogen-bond acceptors (Lipinski definition) is 5. The highest BCUT2D eigenvalue weighted by Gasteiger charge is 2.17. The Morgan fingerprint density at radius 1 is 1.27 bits per heavy atom. The minimum atomic E-state index is -0.534. The Balaban J connectivity index is 1.62. The van der Waals surface area contributed by atoms with Gasteiger partial charge in [0.05, 0.1) is 11.2 Å². The van der Waals surface area contributed by atoms with Crippen molar-refractivity contribution in [3.63, 3.8) is 0 Å². The van der Waals surface area contributed by atoms with Crippen molar-refractivity contribution in [2.75, 3.05) is 5.32 Å². The second-order valence-electron chi connectivity index (χ2n) is 5.62. The number of amides is 1. The number of thiazole rings is 1. The molecular formula is C18H12ClN3O3S. The number of anilines is 1. The third-order valence-corrected chi connectivity index (χ3v) is 5.19. The molecule has 4 rings (SSSR count). The van der Waals surface area contributed by atoms with Gasteiger partial charge in [-0.1, -0.05) is 23.7 Å². The number of hydrogen-bond donors (Lipinski definition) is 2. The SMILES string of the molecule is Cc1nc(-c2cccc(Cl)c2)sc1C(=O)Nc1ccc2oc(=O)[nH]c2c1. The van der Waals surface area contributed by atoms with Crippen LogP contribution in [0.3, 0.4) is 0 Å². The van der Waals surface area contributed by atoms with Gasteiger partial charge < -0.3 is 9.73 Å². The maximum atomic E-state index is 12.6. The first-order valence-corrected chi connectivity index (χ1v) is 8.86. The molecule has 0 aliphatic heterocycles. The smallest absolute Gasteiger partial charge is 0.408 e. The molecule has 0 atom stereocenters. The number of rotatable bonds is 3. The Morgan fingerprint density at radius 2 is 2.12 bits per heavy atom. The van der Waals surface area contributed by atoms with Crippen molar-refractivity contribution < 1.29 is 9.21 Å². The van der Waals surface area contributed by atoms with Crippen LogP contribution >= 0.6 is 22.9 Å². The van der Waals surface area contributed by atoms with Gasteiger partial charge in [-0.05, 0) is 37.3 Å². The summed E-state index contributed by atoms with van der Waals surface area (Å²) < 4.78 is 4.95. The second-order valence-corrected chi connectivity index (χ2v) is 7.06. The molecule has 0 fully saturated rings. The highest BCUT2D eigenvalue weighted by atomic mass is 35.5. The molecule has 4 aromatic rings. The van der Waals surface area contributed by atoms with Crippen molar-refractivity contribution in [3.05, 3.63) is 68.6 Å². The molecule has 8 heteroatoms. The molecule has 0 saturated heterocycles. The fourth-order valence-corrected chi connectivity index (χ4v) is 3.72. The molecule has 130 valence electrons. The molecule has 2 heterocycles. The predicted octanol–water partition coefficient (Wildman–Crippen LogP) is 4.46. The molecule has 2 aromatic carbocycles. The largest absolute Gasteiger partial charge is 0.417 e. The van der Waals surface area contributed by atoms with Crippen molar-refractivity contribution >= 4 is 45.6 Å². The lowest BCUT2D eigenvalue weighted by Gasteiger charge is -2.03. The number of nitrogens with zero attached hydrogens (tertiary/aromatic N) is 1. The number of halogens is 1. The van der Waals surface area contributed by atoms with Gasteiger partial charge in [0.2, 0.25) is 0 Å². The Kier molecular flexibility index (Phi) is 4.10. The van der Waals surface area contributed by atoms with Crippen LogP contribution < -0.4 is 11.1 Å². The molecule has 1 amide bonds. The molecule has 0 bridgehead atoms. The summed E-state index contributed by atoms with van der Waals surface area (Å²) in [4.78, 5) is 31.4. The fraction of sp³-hybridized carbons (Fsp3) is 0.0556. The average molecular weight is 386 g/mol. The Morgan fingerprint density at radius 3 is 2.92 bits per heavy atom. The van der Waals surface area contributed by atoms with E-state index in [0.717, 1.165) is 10.6 Å². The van der Waals surface area contributed by atoms with Gasteiger partial charge in [-0.25, -0.2) is 9.78 Å². The van der Waals surface area contributed by atoms with Crippen molar-refractivity contribution in [1.29, 1.82) is 0 Å². The Hall–Kier alpha value is -2.90. The number of aromatic amines is 1. The molecule has 2 aromatic heterocycles. The van der Waals surface area contributed by atoms with Crippen LogP contribution in [0.25, 0.3) is 21.7 Å². The van der Waals surface area contributed by atoms with E-state index < -0.39 is 5.76 Å². The van der Waals surface area contributed by atoms with Gasteiger partial charge in [0.25, 0.3) is 5.91 Å². The highest BCUT2D eigenvalue weighted by molar-refractivity contribution is 7.17. The van der Waals surface area contributed by atoms with Crippen molar-refractivity contribution in [1.82, 2.24) is 9.97 Å². The van der Waals surface area contributed by atoms with Crippen LogP contribution in [-0.4, -0.2) is 15.9 Å². The molecule has 0 aliphatic carbocycles. The summed E-state index contributed by atoms with van der Waals surface area (Å²) in [6, 6.07) is 12.3. The summed E-state index contributed by atoms with van der Waals surface area (Å²) in [5, 5.41) is 4.16. The van der Waals surface area contributed by atoms with Gasteiger partial charge in [-0.3, -0.25) is 9.78 Å². The lowest BCUT2D eigenvalue weighted by atomic mass is 10.2. The molecule has 0 spiro atoms. The second kappa shape index (κ2) is 6.44. The van der Waals surface area contributed by atoms with Gasteiger partial charge in [0.1, 0.15) is 9.88 Å². The van der Waals surface area contributed by atoms with Crippen LogP contribution in [0.2, 0.25) is 5.02 Å². The molecular weight excluding hydrogens is 374 g/mol. The molecule has 2 N–H and O–H groups in total. The number of fused-ring (bicyclic) bond motifs is 1. The van der Waals surface area contributed by atoms with E-state index in [1.807, 2.05) is 18.2 Å². The number of oxazole rings is 1. The van der Waals surface area contributed by atoms with Gasteiger partial charge in [-0.2, -0.15) is 0 Å². The monoisotopic (exact) mass is 385 g/mol. The number of carbonyl (C=O) groups excluding carboxylic acids is 1. The van der Waals surface area contributed by atoms with E-state index in [4.69, 9.17) is 16.0 Å². The number of nitrogens with one attached hydrogen (secondary N) is 2. The maximum Gasteiger partial charge on any atom is 0.417 e. The van der Waals surface area contributed by atoms with Gasteiger partial charge in [0.15, 0.2) is 5.58 Å². The van der Waals surface area contributed by atoms with E-state index in [0.29, 0.717) is 32.4 Å². The first-order valence-electron chi connectivity index (χ1n) is 7.67. The van der Waals surface area contributed by atoms with Crippen molar-refractivity contribution in [2.45, 2.75) is 6.92 Å². The van der Waals surface area contributed by atoms with Gasteiger partial charge in [0, 0.05) is 16.3 Å². The quantitative estimate of drug-likeness (QED) is 0.545. The molecule has 0 radical (unpaired) electrons. The standard InChI is InChI=1S/C18H12ClN3O3S/c1-9-15(26-17(20-9)10-3-2-4-11(19)7-10)16(23)21-12-5-6-14-13(8-12)22-18(24)25-14/h2-8H,1H3,(H,21,23)(H,22,24). The average Bonchev–Trinajstić information content (AvgIpc) is 3.16. The zero-order valence-corrected chi connectivity index (χ0v) is 15.1. The van der Waals surface area contributed by atoms with Crippen LogP contribution in [-0.2, 0) is 0 Å². The zero-order chi connectivity index (χ0) is 18.3. The first kappa shape index (κ1) is 16.6. The van der Waals surface area contributed by atoms with E-state index in [9.17, 15) is 9.59 Å². The molecule has 0 saturated carbocycles. The highest BCUT2D eigenvalue weighted by Crippen LogP contribution is 2.30. The van der Waals surface area contributed by atoms with Crippen molar-refractivity contribution in [2.24, 2.45) is 0 Å². The molecule has 0 unspecified atom stereocenters.